The van der Waals surface area contributed by atoms with E-state index >= 15 is 0 Å². The minimum absolute atomic E-state index is 0.0223. The molecule has 2 unspecified atom stereocenters. The minimum atomic E-state index is -0.984. The number of benzene rings is 2. The van der Waals surface area contributed by atoms with Crippen molar-refractivity contribution >= 4 is 29.1 Å². The van der Waals surface area contributed by atoms with Crippen molar-refractivity contribution in [2.24, 2.45) is 0 Å². The Kier molecular flexibility index (Phi) is 5.20. The van der Waals surface area contributed by atoms with Crippen molar-refractivity contribution in [2.75, 3.05) is 12.0 Å². The fraction of sp³-hybridized carbons (Fsp3) is 0.192. The summed E-state index contributed by atoms with van der Waals surface area (Å²) in [5.74, 6) is -1.41. The van der Waals surface area contributed by atoms with Gasteiger partial charge in [0.1, 0.15) is 29.4 Å². The van der Waals surface area contributed by atoms with Crippen LogP contribution in [0.1, 0.15) is 40.2 Å². The maximum atomic E-state index is 13.2. The number of carbonyl (C=O) groups excluding carboxylic acids is 3. The molecule has 0 aliphatic carbocycles. The van der Waals surface area contributed by atoms with Crippen molar-refractivity contribution < 1.29 is 33.4 Å². The Balaban J connectivity index is 1.62. The Morgan fingerprint density at radius 2 is 1.82 bits per heavy atom. The summed E-state index contributed by atoms with van der Waals surface area (Å²) in [5, 5.41) is 11.2. The molecular weight excluding hydrogens is 438 g/mol. The van der Waals surface area contributed by atoms with Crippen LogP contribution in [0.15, 0.2) is 70.9 Å². The lowest BCUT2D eigenvalue weighted by Gasteiger charge is -2.23. The van der Waals surface area contributed by atoms with Gasteiger partial charge >= 0.3 is 5.97 Å². The molecule has 3 heterocycles. The predicted octanol–water partition coefficient (Wildman–Crippen LogP) is 4.02. The molecule has 2 aliphatic rings. The molecule has 1 amide bonds. The van der Waals surface area contributed by atoms with Crippen LogP contribution in [-0.4, -0.2) is 36.0 Å². The molecule has 8 nitrogen and oxygen atoms in total. The average Bonchev–Trinajstić information content (AvgIpc) is 3.56. The van der Waals surface area contributed by atoms with Gasteiger partial charge in [0.05, 0.1) is 24.5 Å². The van der Waals surface area contributed by atoms with E-state index in [9.17, 15) is 19.5 Å². The first-order chi connectivity index (χ1) is 16.4. The average molecular weight is 459 g/mol. The van der Waals surface area contributed by atoms with Crippen molar-refractivity contribution in [3.8, 4) is 5.75 Å². The number of Topliss-reactive ketones (excluding diaryl/α,β-unsaturated/α-hetero) is 1. The van der Waals surface area contributed by atoms with Gasteiger partial charge < -0.3 is 19.0 Å². The van der Waals surface area contributed by atoms with E-state index in [4.69, 9.17) is 13.9 Å². The number of esters is 1. The molecule has 1 saturated heterocycles. The molecule has 2 aliphatic heterocycles. The SMILES string of the molecule is COC(=O)c1ccc(N2C(=O)C(=O)/C(=C(\O)c3ccc4c(c3)CC(C)O4)C2c2ccco2)cc1. The van der Waals surface area contributed by atoms with Crippen LogP contribution in [0.25, 0.3) is 5.76 Å². The van der Waals surface area contributed by atoms with Gasteiger partial charge in [-0.3, -0.25) is 14.5 Å². The number of methoxy groups -OCH3 is 1. The van der Waals surface area contributed by atoms with Crippen LogP contribution < -0.4 is 9.64 Å². The maximum Gasteiger partial charge on any atom is 0.337 e. The number of amides is 1. The van der Waals surface area contributed by atoms with Gasteiger partial charge in [-0.05, 0) is 67.1 Å². The fourth-order valence-corrected chi connectivity index (χ4v) is 4.42. The molecule has 1 aromatic heterocycles. The highest BCUT2D eigenvalue weighted by Crippen LogP contribution is 2.43. The second-order valence-electron chi connectivity index (χ2n) is 8.18. The number of hydrogen-bond acceptors (Lipinski definition) is 7. The highest BCUT2D eigenvalue weighted by atomic mass is 16.5. The van der Waals surface area contributed by atoms with E-state index in [1.54, 1.807) is 42.5 Å². The highest BCUT2D eigenvalue weighted by molar-refractivity contribution is 6.51. The summed E-state index contributed by atoms with van der Waals surface area (Å²) in [6, 6.07) is 13.6. The van der Waals surface area contributed by atoms with Crippen molar-refractivity contribution in [3.63, 3.8) is 0 Å². The summed E-state index contributed by atoms with van der Waals surface area (Å²) in [6.45, 7) is 1.95. The number of ether oxygens (including phenoxy) is 2. The third-order valence-corrected chi connectivity index (χ3v) is 5.99. The highest BCUT2D eigenvalue weighted by Gasteiger charge is 2.48. The van der Waals surface area contributed by atoms with E-state index in [1.165, 1.54) is 30.4 Å². The second kappa shape index (κ2) is 8.22. The molecule has 2 aromatic carbocycles. The molecule has 3 aromatic rings. The Labute approximate surface area is 195 Å². The van der Waals surface area contributed by atoms with Gasteiger partial charge in [0.15, 0.2) is 0 Å². The predicted molar refractivity (Wildman–Crippen MR) is 122 cm³/mol. The van der Waals surface area contributed by atoms with E-state index in [-0.39, 0.29) is 17.4 Å². The summed E-state index contributed by atoms with van der Waals surface area (Å²) in [5.41, 5.74) is 1.91. The second-order valence-corrected chi connectivity index (χ2v) is 8.18. The number of ketones is 1. The van der Waals surface area contributed by atoms with Gasteiger partial charge in [0.2, 0.25) is 0 Å². The molecule has 172 valence electrons. The van der Waals surface area contributed by atoms with Crippen molar-refractivity contribution in [2.45, 2.75) is 25.5 Å². The number of hydrogen-bond donors (Lipinski definition) is 1. The summed E-state index contributed by atoms with van der Waals surface area (Å²) in [4.78, 5) is 39.4. The van der Waals surface area contributed by atoms with Gasteiger partial charge in [-0.1, -0.05) is 0 Å². The Bertz CT molecular complexity index is 1320. The topological polar surface area (TPSA) is 106 Å². The van der Waals surface area contributed by atoms with E-state index < -0.39 is 23.7 Å². The molecule has 0 spiro atoms. The quantitative estimate of drug-likeness (QED) is 0.272. The van der Waals surface area contributed by atoms with E-state index in [0.29, 0.717) is 29.0 Å². The number of nitrogens with zero attached hydrogens (tertiary/aromatic N) is 1. The zero-order valence-electron chi connectivity index (χ0n) is 18.5. The first-order valence-electron chi connectivity index (χ1n) is 10.7. The van der Waals surface area contributed by atoms with Crippen molar-refractivity contribution in [1.29, 1.82) is 0 Å². The van der Waals surface area contributed by atoms with Crippen LogP contribution in [-0.2, 0) is 20.7 Å². The molecule has 0 radical (unpaired) electrons. The molecule has 8 heteroatoms. The number of rotatable bonds is 4. The third-order valence-electron chi connectivity index (χ3n) is 5.99. The fourth-order valence-electron chi connectivity index (χ4n) is 4.42. The maximum absolute atomic E-state index is 13.2. The molecule has 1 fully saturated rings. The van der Waals surface area contributed by atoms with Crippen LogP contribution in [0.4, 0.5) is 5.69 Å². The van der Waals surface area contributed by atoms with Crippen LogP contribution in [0.5, 0.6) is 5.75 Å². The van der Waals surface area contributed by atoms with Crippen LogP contribution >= 0.6 is 0 Å². The van der Waals surface area contributed by atoms with Crippen molar-refractivity contribution in [3.05, 3.63) is 88.9 Å². The Hall–Kier alpha value is -4.33. The summed E-state index contributed by atoms with van der Waals surface area (Å²) < 4.78 is 16.0. The van der Waals surface area contributed by atoms with Crippen LogP contribution in [0.2, 0.25) is 0 Å². The lowest BCUT2D eigenvalue weighted by atomic mass is 9.97. The summed E-state index contributed by atoms with van der Waals surface area (Å²) in [7, 11) is 1.28. The van der Waals surface area contributed by atoms with E-state index in [0.717, 1.165) is 11.3 Å². The number of aliphatic hydroxyl groups excluding tert-OH is 1. The van der Waals surface area contributed by atoms with Crippen molar-refractivity contribution in [1.82, 2.24) is 0 Å². The number of anilines is 1. The molecule has 5 rings (SSSR count). The minimum Gasteiger partial charge on any atom is -0.507 e. The molecule has 1 N–H and O–H groups in total. The molecule has 0 saturated carbocycles. The van der Waals surface area contributed by atoms with Gasteiger partial charge in [-0.15, -0.1) is 0 Å². The molecule has 34 heavy (non-hydrogen) atoms. The smallest absolute Gasteiger partial charge is 0.337 e. The van der Waals surface area contributed by atoms with Crippen LogP contribution in [0.3, 0.4) is 0 Å². The van der Waals surface area contributed by atoms with Crippen LogP contribution in [0, 0.1) is 0 Å². The van der Waals surface area contributed by atoms with E-state index in [1.807, 2.05) is 6.92 Å². The monoisotopic (exact) mass is 459 g/mol. The van der Waals surface area contributed by atoms with E-state index in [2.05, 4.69) is 0 Å². The van der Waals surface area contributed by atoms with Gasteiger partial charge in [-0.2, -0.15) is 0 Å². The number of carbonyl (C=O) groups is 3. The first-order valence-corrected chi connectivity index (χ1v) is 10.7. The largest absolute Gasteiger partial charge is 0.507 e. The summed E-state index contributed by atoms with van der Waals surface area (Å²) in [6.07, 6.45) is 2.14. The Morgan fingerprint density at radius 1 is 1.09 bits per heavy atom. The van der Waals surface area contributed by atoms with Gasteiger partial charge in [0, 0.05) is 17.7 Å². The lowest BCUT2D eigenvalue weighted by molar-refractivity contribution is -0.132. The molecule has 0 bridgehead atoms. The van der Waals surface area contributed by atoms with Gasteiger partial charge in [-0.25, -0.2) is 4.79 Å². The first kappa shape index (κ1) is 21.5. The number of aliphatic hydroxyl groups is 1. The Morgan fingerprint density at radius 3 is 2.50 bits per heavy atom. The molecule has 2 atom stereocenters. The van der Waals surface area contributed by atoms with Gasteiger partial charge in [0.25, 0.3) is 11.7 Å². The number of furan rings is 1. The summed E-state index contributed by atoms with van der Waals surface area (Å²) >= 11 is 0. The third kappa shape index (κ3) is 3.44. The zero-order chi connectivity index (χ0) is 24.0. The number of fused-ring (bicyclic) bond motifs is 1. The standard InChI is InChI=1S/C26H21NO7/c1-14-12-17-13-16(7-10-19(17)34-14)23(28)21-22(20-4-3-11-33-20)27(25(30)24(21)29)18-8-5-15(6-9-18)26(31)32-2/h3-11,13-14,22,28H,12H2,1-2H3/b23-21-. The normalized spacial score (nSPS) is 20.8. The lowest BCUT2D eigenvalue weighted by Crippen LogP contribution is -2.29. The molecular formula is C26H21NO7. The zero-order valence-corrected chi connectivity index (χ0v) is 18.5.